The third-order valence-corrected chi connectivity index (χ3v) is 4.06. The Kier molecular flexibility index (Phi) is 4.35. The molecule has 0 atom stereocenters. The molecule has 1 saturated heterocycles. The number of carbonyl (C=O) groups is 1. The summed E-state index contributed by atoms with van der Waals surface area (Å²) in [5.41, 5.74) is 1.86. The van der Waals surface area contributed by atoms with E-state index >= 15 is 0 Å². The van der Waals surface area contributed by atoms with E-state index in [1.165, 1.54) is 12.1 Å². The summed E-state index contributed by atoms with van der Waals surface area (Å²) in [4.78, 5) is 12.5. The number of hydrogen-bond acceptors (Lipinski definition) is 5. The van der Waals surface area contributed by atoms with Crippen molar-refractivity contribution in [3.8, 4) is 0 Å². The second-order valence-electron chi connectivity index (χ2n) is 5.69. The first-order valence-electron chi connectivity index (χ1n) is 7.48. The highest BCUT2D eigenvalue weighted by atomic mass is 19.4. The number of amides is 1. The molecule has 2 aliphatic rings. The Morgan fingerprint density at radius 1 is 1.29 bits per heavy atom. The van der Waals surface area contributed by atoms with E-state index in [4.69, 9.17) is 4.74 Å². The third kappa shape index (κ3) is 3.45. The summed E-state index contributed by atoms with van der Waals surface area (Å²) in [6.45, 7) is 0.547. The summed E-state index contributed by atoms with van der Waals surface area (Å²) >= 11 is 0. The predicted octanol–water partition coefficient (Wildman–Crippen LogP) is 2.11. The first kappa shape index (κ1) is 16.6. The number of alkyl halides is 3. The number of halogens is 3. The van der Waals surface area contributed by atoms with E-state index < -0.39 is 23.9 Å². The van der Waals surface area contributed by atoms with Gasteiger partial charge in [-0.2, -0.15) is 18.3 Å². The number of piperidine rings is 1. The molecule has 9 heteroatoms. The fourth-order valence-corrected chi connectivity index (χ4v) is 2.78. The SMILES string of the molecule is O=C1NN=C(c2ccc(N3CCC(O)CC3)c(C(F)(F)F)c2)CO1. The minimum absolute atomic E-state index is 0.0829. The van der Waals surface area contributed by atoms with Crippen molar-refractivity contribution in [1.82, 2.24) is 5.43 Å². The number of nitrogens with zero attached hydrogens (tertiary/aromatic N) is 2. The van der Waals surface area contributed by atoms with E-state index in [9.17, 15) is 23.1 Å². The van der Waals surface area contributed by atoms with Gasteiger partial charge < -0.3 is 14.7 Å². The molecule has 0 unspecified atom stereocenters. The molecule has 2 aliphatic heterocycles. The van der Waals surface area contributed by atoms with Crippen LogP contribution >= 0.6 is 0 Å². The van der Waals surface area contributed by atoms with E-state index in [0.29, 0.717) is 25.9 Å². The van der Waals surface area contributed by atoms with Crippen LogP contribution in [0, 0.1) is 0 Å². The topological polar surface area (TPSA) is 74.2 Å². The van der Waals surface area contributed by atoms with Crippen LogP contribution in [0.5, 0.6) is 0 Å². The number of hydrazone groups is 1. The Bertz CT molecular complexity index is 668. The maximum Gasteiger partial charge on any atom is 0.428 e. The van der Waals surface area contributed by atoms with Crippen LogP contribution in [-0.4, -0.2) is 42.7 Å². The summed E-state index contributed by atoms with van der Waals surface area (Å²) in [6, 6.07) is 3.93. The molecule has 0 aromatic heterocycles. The highest BCUT2D eigenvalue weighted by Crippen LogP contribution is 2.38. The average molecular weight is 343 g/mol. The largest absolute Gasteiger partial charge is 0.442 e. The monoisotopic (exact) mass is 343 g/mol. The molecule has 3 rings (SSSR count). The van der Waals surface area contributed by atoms with Crippen LogP contribution < -0.4 is 10.3 Å². The predicted molar refractivity (Wildman–Crippen MR) is 79.9 cm³/mol. The summed E-state index contributed by atoms with van der Waals surface area (Å²) in [5.74, 6) is 0. The number of cyclic esters (lactones) is 1. The van der Waals surface area contributed by atoms with Crippen molar-refractivity contribution in [2.45, 2.75) is 25.1 Å². The standard InChI is InChI=1S/C15H16F3N3O3/c16-15(17,18)11-7-9(12-8-24-14(23)20-19-12)1-2-13(11)21-5-3-10(22)4-6-21/h1-2,7,10,22H,3-6,8H2,(H,20,23). The first-order valence-corrected chi connectivity index (χ1v) is 7.48. The van der Waals surface area contributed by atoms with Gasteiger partial charge >= 0.3 is 12.3 Å². The summed E-state index contributed by atoms with van der Waals surface area (Å²) < 4.78 is 45.1. The number of ether oxygens (including phenoxy) is 1. The molecular formula is C15H16F3N3O3. The van der Waals surface area contributed by atoms with Gasteiger partial charge in [-0.25, -0.2) is 10.2 Å². The van der Waals surface area contributed by atoms with E-state index in [0.717, 1.165) is 6.07 Å². The van der Waals surface area contributed by atoms with Crippen molar-refractivity contribution >= 4 is 17.5 Å². The zero-order valence-corrected chi connectivity index (χ0v) is 12.6. The molecule has 2 N–H and O–H groups in total. The maximum atomic E-state index is 13.5. The number of aliphatic hydroxyl groups is 1. The molecule has 130 valence electrons. The van der Waals surface area contributed by atoms with Crippen LogP contribution in [0.1, 0.15) is 24.0 Å². The third-order valence-electron chi connectivity index (χ3n) is 4.06. The van der Waals surface area contributed by atoms with Crippen LogP contribution in [0.25, 0.3) is 0 Å². The molecule has 0 spiro atoms. The lowest BCUT2D eigenvalue weighted by Crippen LogP contribution is -2.37. The van der Waals surface area contributed by atoms with Crippen LogP contribution in [0.15, 0.2) is 23.3 Å². The zero-order chi connectivity index (χ0) is 17.3. The second-order valence-corrected chi connectivity index (χ2v) is 5.69. The minimum Gasteiger partial charge on any atom is -0.442 e. The number of aliphatic hydroxyl groups excluding tert-OH is 1. The van der Waals surface area contributed by atoms with E-state index in [1.807, 2.05) is 0 Å². The Balaban J connectivity index is 1.94. The Morgan fingerprint density at radius 2 is 2.00 bits per heavy atom. The normalized spacial score (nSPS) is 19.6. The van der Waals surface area contributed by atoms with Gasteiger partial charge in [0.05, 0.1) is 11.7 Å². The zero-order valence-electron chi connectivity index (χ0n) is 12.6. The van der Waals surface area contributed by atoms with Gasteiger partial charge in [0.2, 0.25) is 0 Å². The summed E-state index contributed by atoms with van der Waals surface area (Å²) in [6.07, 6.45) is -4.86. The van der Waals surface area contributed by atoms with Gasteiger partial charge in [0, 0.05) is 24.3 Å². The molecule has 6 nitrogen and oxygen atoms in total. The molecule has 0 saturated carbocycles. The molecule has 1 aromatic carbocycles. The van der Waals surface area contributed by atoms with Crippen molar-refractivity contribution in [2.75, 3.05) is 24.6 Å². The highest BCUT2D eigenvalue weighted by Gasteiger charge is 2.36. The lowest BCUT2D eigenvalue weighted by Gasteiger charge is -2.33. The molecule has 1 aromatic rings. The van der Waals surface area contributed by atoms with E-state index in [1.54, 1.807) is 4.90 Å². The van der Waals surface area contributed by atoms with Gasteiger partial charge in [-0.1, -0.05) is 6.07 Å². The van der Waals surface area contributed by atoms with E-state index in [2.05, 4.69) is 10.5 Å². The van der Waals surface area contributed by atoms with Crippen molar-refractivity contribution < 1.29 is 27.8 Å². The molecule has 2 heterocycles. The van der Waals surface area contributed by atoms with Gasteiger partial charge in [0.25, 0.3) is 0 Å². The summed E-state index contributed by atoms with van der Waals surface area (Å²) in [5, 5.41) is 13.3. The molecule has 24 heavy (non-hydrogen) atoms. The molecular weight excluding hydrogens is 327 g/mol. The van der Waals surface area contributed by atoms with Gasteiger partial charge in [0.15, 0.2) is 0 Å². The maximum absolute atomic E-state index is 13.5. The Morgan fingerprint density at radius 3 is 2.58 bits per heavy atom. The average Bonchev–Trinajstić information content (AvgIpc) is 2.55. The van der Waals surface area contributed by atoms with Gasteiger partial charge in [-0.15, -0.1) is 0 Å². The van der Waals surface area contributed by atoms with Crippen molar-refractivity contribution in [1.29, 1.82) is 0 Å². The van der Waals surface area contributed by atoms with Crippen molar-refractivity contribution in [3.05, 3.63) is 29.3 Å². The van der Waals surface area contributed by atoms with Crippen molar-refractivity contribution in [3.63, 3.8) is 0 Å². The van der Waals surface area contributed by atoms with Crippen molar-refractivity contribution in [2.24, 2.45) is 5.10 Å². The van der Waals surface area contributed by atoms with Gasteiger partial charge in [0.1, 0.15) is 12.3 Å². The van der Waals surface area contributed by atoms with Crippen LogP contribution in [0.4, 0.5) is 23.7 Å². The van der Waals surface area contributed by atoms with Crippen LogP contribution in [0.3, 0.4) is 0 Å². The number of nitrogens with one attached hydrogen (secondary N) is 1. The number of rotatable bonds is 2. The minimum atomic E-state index is -4.53. The summed E-state index contributed by atoms with van der Waals surface area (Å²) in [7, 11) is 0. The van der Waals surface area contributed by atoms with Gasteiger partial charge in [-0.05, 0) is 25.0 Å². The number of anilines is 1. The van der Waals surface area contributed by atoms with Crippen LogP contribution in [-0.2, 0) is 10.9 Å². The number of carbonyl (C=O) groups excluding carboxylic acids is 1. The van der Waals surface area contributed by atoms with Gasteiger partial charge in [-0.3, -0.25) is 0 Å². The number of benzene rings is 1. The number of hydrogen-bond donors (Lipinski definition) is 2. The Labute approximate surface area is 135 Å². The second kappa shape index (κ2) is 6.31. The molecule has 1 fully saturated rings. The fraction of sp³-hybridized carbons (Fsp3) is 0.467. The molecule has 0 radical (unpaired) electrons. The Hall–Kier alpha value is -2.29. The van der Waals surface area contributed by atoms with E-state index in [-0.39, 0.29) is 23.6 Å². The molecule has 1 amide bonds. The van der Waals surface area contributed by atoms with Crippen LogP contribution in [0.2, 0.25) is 0 Å². The molecule has 0 aliphatic carbocycles. The lowest BCUT2D eigenvalue weighted by atomic mass is 10.0. The highest BCUT2D eigenvalue weighted by molar-refractivity contribution is 6.04. The molecule has 0 bridgehead atoms. The first-order chi connectivity index (χ1) is 11.3. The smallest absolute Gasteiger partial charge is 0.428 e. The fourth-order valence-electron chi connectivity index (χ4n) is 2.78. The lowest BCUT2D eigenvalue weighted by molar-refractivity contribution is -0.137. The quantitative estimate of drug-likeness (QED) is 0.863.